The zero-order valence-electron chi connectivity index (χ0n) is 15.2. The summed E-state index contributed by atoms with van der Waals surface area (Å²) in [6.07, 6.45) is 1.54. The number of aromatic nitrogens is 1. The van der Waals surface area contributed by atoms with Crippen molar-refractivity contribution < 1.29 is 14.2 Å². The summed E-state index contributed by atoms with van der Waals surface area (Å²) in [6.45, 7) is 0. The Morgan fingerprint density at radius 2 is 1.74 bits per heavy atom. The van der Waals surface area contributed by atoms with Crippen molar-refractivity contribution >= 4 is 17.0 Å². The fraction of sp³-hybridized carbons (Fsp3) is 0.143. The van der Waals surface area contributed by atoms with Crippen molar-refractivity contribution in [2.45, 2.75) is 0 Å². The Bertz CT molecular complexity index is 1100. The highest BCUT2D eigenvalue weighted by Crippen LogP contribution is 2.40. The summed E-state index contributed by atoms with van der Waals surface area (Å²) in [7, 11) is 4.99. The Kier molecular flexibility index (Phi) is 5.01. The van der Waals surface area contributed by atoms with Gasteiger partial charge in [0.25, 0.3) is 0 Å². The van der Waals surface area contributed by atoms with E-state index in [9.17, 15) is 0 Å². The zero-order chi connectivity index (χ0) is 19.4. The van der Waals surface area contributed by atoms with Gasteiger partial charge in [-0.25, -0.2) is 0 Å². The molecule has 6 nitrogen and oxygen atoms in total. The number of ether oxygens (including phenoxy) is 3. The van der Waals surface area contributed by atoms with Crippen LogP contribution in [0.4, 0.5) is 0 Å². The van der Waals surface area contributed by atoms with Gasteiger partial charge in [-0.3, -0.25) is 0 Å². The second-order valence-corrected chi connectivity index (χ2v) is 5.70. The van der Waals surface area contributed by atoms with E-state index in [0.717, 1.165) is 10.9 Å². The molecule has 2 aromatic carbocycles. The van der Waals surface area contributed by atoms with Crippen LogP contribution in [0.15, 0.2) is 48.0 Å². The number of benzene rings is 2. The van der Waals surface area contributed by atoms with Crippen LogP contribution in [-0.4, -0.2) is 18.8 Å². The lowest BCUT2D eigenvalue weighted by Gasteiger charge is -2.13. The third-order valence-corrected chi connectivity index (χ3v) is 4.20. The fourth-order valence-electron chi connectivity index (χ4n) is 2.86. The molecule has 1 heterocycles. The number of hydrogen-bond acceptors (Lipinski definition) is 5. The van der Waals surface area contributed by atoms with Crippen LogP contribution in [-0.2, 0) is 7.05 Å². The van der Waals surface area contributed by atoms with Gasteiger partial charge in [0, 0.05) is 24.1 Å². The highest BCUT2D eigenvalue weighted by atomic mass is 16.5. The number of nitriles is 2. The van der Waals surface area contributed by atoms with E-state index in [0.29, 0.717) is 28.7 Å². The lowest BCUT2D eigenvalue weighted by molar-refractivity contribution is 0.361. The Labute approximate surface area is 157 Å². The molecule has 0 aliphatic rings. The number of nitrogens with zero attached hydrogens (tertiary/aromatic N) is 3. The minimum Gasteiger partial charge on any atom is -0.497 e. The van der Waals surface area contributed by atoms with Crippen molar-refractivity contribution in [2.24, 2.45) is 7.05 Å². The van der Waals surface area contributed by atoms with Crippen LogP contribution < -0.4 is 14.2 Å². The summed E-state index contributed by atoms with van der Waals surface area (Å²) in [5.74, 6) is 2.15. The molecule has 0 saturated heterocycles. The molecule has 0 unspecified atom stereocenters. The van der Waals surface area contributed by atoms with Gasteiger partial charge in [-0.1, -0.05) is 18.2 Å². The second-order valence-electron chi connectivity index (χ2n) is 5.70. The molecule has 0 N–H and O–H groups in total. The number of allylic oxidation sites excluding steroid dienone is 1. The maximum atomic E-state index is 9.16. The highest BCUT2D eigenvalue weighted by Gasteiger charge is 2.18. The Balaban J connectivity index is 2.20. The van der Waals surface area contributed by atoms with Crippen LogP contribution in [0.25, 0.3) is 17.0 Å². The second kappa shape index (κ2) is 7.55. The maximum Gasteiger partial charge on any atom is 0.208 e. The summed E-state index contributed by atoms with van der Waals surface area (Å²) in [5, 5.41) is 19.2. The first-order chi connectivity index (χ1) is 13.1. The first kappa shape index (κ1) is 17.9. The molecular weight excluding hydrogens is 342 g/mol. The largest absolute Gasteiger partial charge is 0.497 e. The third-order valence-electron chi connectivity index (χ3n) is 4.20. The minimum absolute atomic E-state index is 0.00195. The van der Waals surface area contributed by atoms with Crippen molar-refractivity contribution in [3.8, 4) is 35.3 Å². The van der Waals surface area contributed by atoms with Gasteiger partial charge in [-0.15, -0.1) is 0 Å². The molecule has 0 fully saturated rings. The number of fused-ring (bicyclic) bond motifs is 1. The highest BCUT2D eigenvalue weighted by molar-refractivity contribution is 5.94. The predicted molar refractivity (Wildman–Crippen MR) is 102 cm³/mol. The van der Waals surface area contributed by atoms with E-state index >= 15 is 0 Å². The van der Waals surface area contributed by atoms with Gasteiger partial charge < -0.3 is 18.8 Å². The van der Waals surface area contributed by atoms with Crippen molar-refractivity contribution in [3.63, 3.8) is 0 Å². The van der Waals surface area contributed by atoms with Gasteiger partial charge >= 0.3 is 0 Å². The van der Waals surface area contributed by atoms with Gasteiger partial charge in [-0.2, -0.15) is 10.5 Å². The molecule has 1 aromatic heterocycles. The van der Waals surface area contributed by atoms with Crippen LogP contribution in [0.1, 0.15) is 5.56 Å². The quantitative estimate of drug-likeness (QED) is 0.630. The topological polar surface area (TPSA) is 80.2 Å². The molecule has 0 radical (unpaired) electrons. The van der Waals surface area contributed by atoms with Crippen molar-refractivity contribution in [3.05, 3.63) is 53.6 Å². The molecule has 0 bridgehead atoms. The number of para-hydroxylation sites is 1. The number of rotatable bonds is 5. The zero-order valence-corrected chi connectivity index (χ0v) is 15.2. The predicted octanol–water partition coefficient (Wildman–Crippen LogP) is 4.42. The van der Waals surface area contributed by atoms with E-state index in [4.69, 9.17) is 24.7 Å². The van der Waals surface area contributed by atoms with E-state index in [2.05, 4.69) is 0 Å². The van der Waals surface area contributed by atoms with Crippen molar-refractivity contribution in [1.29, 1.82) is 10.5 Å². The van der Waals surface area contributed by atoms with Gasteiger partial charge in [0.05, 0.1) is 19.7 Å². The Hall–Kier alpha value is -3.90. The Morgan fingerprint density at radius 1 is 1.00 bits per heavy atom. The van der Waals surface area contributed by atoms with E-state index in [1.165, 1.54) is 6.08 Å². The van der Waals surface area contributed by atoms with Gasteiger partial charge in [0.15, 0.2) is 11.5 Å². The molecule has 0 aliphatic carbocycles. The molecule has 134 valence electrons. The van der Waals surface area contributed by atoms with Crippen molar-refractivity contribution in [1.82, 2.24) is 4.57 Å². The van der Waals surface area contributed by atoms with Gasteiger partial charge in [0.2, 0.25) is 5.88 Å². The summed E-state index contributed by atoms with van der Waals surface area (Å²) >= 11 is 0. The van der Waals surface area contributed by atoms with E-state index in [1.807, 2.05) is 48.0 Å². The smallest absolute Gasteiger partial charge is 0.208 e. The van der Waals surface area contributed by atoms with Crippen LogP contribution in [0.2, 0.25) is 0 Å². The SMILES string of the molecule is COc1ccc(Oc2c(C=C(C#N)C#N)c3ccccc3n2C)c(OC)c1. The average Bonchev–Trinajstić information content (AvgIpc) is 2.98. The number of aryl methyl sites for hydroxylation is 1. The molecular formula is C21H17N3O3. The molecule has 6 heteroatoms. The number of methoxy groups -OCH3 is 2. The van der Waals surface area contributed by atoms with Crippen LogP contribution >= 0.6 is 0 Å². The summed E-state index contributed by atoms with van der Waals surface area (Å²) in [4.78, 5) is 0. The average molecular weight is 359 g/mol. The third kappa shape index (κ3) is 3.29. The summed E-state index contributed by atoms with van der Waals surface area (Å²) in [5.41, 5.74) is 1.57. The van der Waals surface area contributed by atoms with E-state index in [1.54, 1.807) is 32.4 Å². The monoisotopic (exact) mass is 359 g/mol. The Morgan fingerprint density at radius 3 is 2.41 bits per heavy atom. The standard InChI is InChI=1S/C21H17N3O3/c1-24-18-7-5-4-6-16(18)17(10-14(12-22)13-23)21(24)27-19-9-8-15(25-2)11-20(19)26-3/h4-11H,1-3H3. The van der Waals surface area contributed by atoms with Gasteiger partial charge in [-0.05, 0) is 24.3 Å². The van der Waals surface area contributed by atoms with E-state index < -0.39 is 0 Å². The molecule has 0 saturated carbocycles. The van der Waals surface area contributed by atoms with E-state index in [-0.39, 0.29) is 5.57 Å². The lowest BCUT2D eigenvalue weighted by Crippen LogP contribution is -1.97. The number of hydrogen-bond donors (Lipinski definition) is 0. The maximum absolute atomic E-state index is 9.16. The molecule has 27 heavy (non-hydrogen) atoms. The van der Waals surface area contributed by atoms with Crippen LogP contribution in [0.3, 0.4) is 0 Å². The molecule has 3 rings (SSSR count). The normalized spacial score (nSPS) is 9.96. The molecule has 0 spiro atoms. The lowest BCUT2D eigenvalue weighted by atomic mass is 10.1. The minimum atomic E-state index is -0.00195. The molecule has 0 atom stereocenters. The van der Waals surface area contributed by atoms with Gasteiger partial charge in [0.1, 0.15) is 23.5 Å². The summed E-state index contributed by atoms with van der Waals surface area (Å²) in [6, 6.07) is 16.7. The van der Waals surface area contributed by atoms with Crippen molar-refractivity contribution in [2.75, 3.05) is 14.2 Å². The first-order valence-electron chi connectivity index (χ1n) is 8.12. The van der Waals surface area contributed by atoms with Crippen LogP contribution in [0.5, 0.6) is 23.1 Å². The molecule has 3 aromatic rings. The van der Waals surface area contributed by atoms with Crippen LogP contribution in [0, 0.1) is 22.7 Å². The molecule has 0 amide bonds. The summed E-state index contributed by atoms with van der Waals surface area (Å²) < 4.78 is 18.6. The molecule has 0 aliphatic heterocycles. The first-order valence-corrected chi connectivity index (χ1v) is 8.12. The fourth-order valence-corrected chi connectivity index (χ4v) is 2.86.